The van der Waals surface area contributed by atoms with Gasteiger partial charge >= 0.3 is 0 Å². The van der Waals surface area contributed by atoms with Crippen molar-refractivity contribution in [2.75, 3.05) is 17.0 Å². The molecule has 2 fully saturated rings. The van der Waals surface area contributed by atoms with Gasteiger partial charge < -0.3 is 5.32 Å². The van der Waals surface area contributed by atoms with Crippen LogP contribution in [-0.2, 0) is 30.8 Å². The molecule has 2 aliphatic rings. The number of amides is 1. The number of Topliss-reactive ketones (excluding diaryl/α,β-unsaturated/α-hetero) is 1. The van der Waals surface area contributed by atoms with Crippen molar-refractivity contribution >= 4 is 55.1 Å². The third kappa shape index (κ3) is 5.20. The number of ketones is 1. The van der Waals surface area contributed by atoms with Crippen LogP contribution in [0.4, 0.5) is 5.13 Å². The molecular formula is C20H22N4O5S3. The van der Waals surface area contributed by atoms with Crippen LogP contribution in [0, 0.1) is 0 Å². The Bertz CT molecular complexity index is 1100. The molecule has 2 unspecified atom stereocenters. The number of carbonyl (C=O) groups is 3. The van der Waals surface area contributed by atoms with Gasteiger partial charge in [0.2, 0.25) is 11.0 Å². The number of aromatic nitrogens is 1. The fourth-order valence-electron chi connectivity index (χ4n) is 3.78. The van der Waals surface area contributed by atoms with E-state index in [1.54, 1.807) is 28.5 Å². The molecule has 170 valence electrons. The van der Waals surface area contributed by atoms with E-state index in [0.29, 0.717) is 18.7 Å². The number of nitrogens with zero attached hydrogens (tertiary/aromatic N) is 2. The Kier molecular flexibility index (Phi) is 6.93. The highest BCUT2D eigenvalue weighted by Crippen LogP contribution is 2.27. The molecule has 2 saturated heterocycles. The standard InChI is InChI=1S/C20H22N4O5S3/c25-15-12-30-19(27)18(15)24-9-5-4-8-16(24)22-17(26)10-13-11-31-20(21-13)23-32(28,29)14-6-2-1-3-7-14/h1-3,6-7,11,16,18H,4-5,8-10,12H2,(H,21,23)(H,22,26). The quantitative estimate of drug-likeness (QED) is 0.557. The lowest BCUT2D eigenvalue weighted by Gasteiger charge is -2.38. The normalized spacial score (nSPS) is 22.1. The first kappa shape index (κ1) is 22.9. The van der Waals surface area contributed by atoms with Gasteiger partial charge in [-0.15, -0.1) is 11.3 Å². The van der Waals surface area contributed by atoms with Gasteiger partial charge in [0.1, 0.15) is 6.04 Å². The second-order valence-electron chi connectivity index (χ2n) is 7.53. The average Bonchev–Trinajstić information content (AvgIpc) is 3.34. The van der Waals surface area contributed by atoms with E-state index in [-0.39, 0.29) is 45.2 Å². The zero-order chi connectivity index (χ0) is 22.7. The number of piperidine rings is 1. The van der Waals surface area contributed by atoms with E-state index in [9.17, 15) is 22.8 Å². The maximum atomic E-state index is 12.6. The molecule has 2 atom stereocenters. The Morgan fingerprint density at radius 3 is 2.69 bits per heavy atom. The minimum absolute atomic E-state index is 0.0325. The molecule has 2 N–H and O–H groups in total. The summed E-state index contributed by atoms with van der Waals surface area (Å²) in [5, 5.41) is 4.56. The van der Waals surface area contributed by atoms with Crippen molar-refractivity contribution in [3.63, 3.8) is 0 Å². The summed E-state index contributed by atoms with van der Waals surface area (Å²) < 4.78 is 27.3. The van der Waals surface area contributed by atoms with Crippen LogP contribution in [0.1, 0.15) is 25.0 Å². The summed E-state index contributed by atoms with van der Waals surface area (Å²) in [5.41, 5.74) is 0.434. The number of anilines is 1. The largest absolute Gasteiger partial charge is 0.340 e. The molecular weight excluding hydrogens is 472 g/mol. The summed E-state index contributed by atoms with van der Waals surface area (Å²) >= 11 is 2.13. The summed E-state index contributed by atoms with van der Waals surface area (Å²) in [6, 6.07) is 7.17. The van der Waals surface area contributed by atoms with E-state index >= 15 is 0 Å². The van der Waals surface area contributed by atoms with Crippen LogP contribution in [0.3, 0.4) is 0 Å². The van der Waals surface area contributed by atoms with Gasteiger partial charge in [-0.25, -0.2) is 13.4 Å². The monoisotopic (exact) mass is 494 g/mol. The Labute approximate surface area is 194 Å². The molecule has 1 aromatic carbocycles. The average molecular weight is 495 g/mol. The Morgan fingerprint density at radius 1 is 1.19 bits per heavy atom. The van der Waals surface area contributed by atoms with Crippen molar-refractivity contribution < 1.29 is 22.8 Å². The molecule has 12 heteroatoms. The van der Waals surface area contributed by atoms with Crippen molar-refractivity contribution in [1.29, 1.82) is 0 Å². The number of carbonyl (C=O) groups excluding carboxylic acids is 3. The van der Waals surface area contributed by atoms with Gasteiger partial charge in [0, 0.05) is 11.9 Å². The fraction of sp³-hybridized carbons (Fsp3) is 0.400. The summed E-state index contributed by atoms with van der Waals surface area (Å²) in [4.78, 5) is 43.1. The molecule has 2 aromatic rings. The Hall–Kier alpha value is -2.28. The zero-order valence-electron chi connectivity index (χ0n) is 17.0. The molecule has 0 spiro atoms. The number of rotatable bonds is 7. The van der Waals surface area contributed by atoms with Crippen molar-refractivity contribution in [3.05, 3.63) is 41.4 Å². The number of hydrogen-bond donors (Lipinski definition) is 2. The highest BCUT2D eigenvalue weighted by molar-refractivity contribution is 8.15. The zero-order valence-corrected chi connectivity index (χ0v) is 19.5. The van der Waals surface area contributed by atoms with Crippen LogP contribution in [-0.4, -0.2) is 59.6 Å². The molecule has 1 aromatic heterocycles. The molecule has 3 heterocycles. The second kappa shape index (κ2) is 9.69. The van der Waals surface area contributed by atoms with Gasteiger partial charge in [-0.3, -0.25) is 24.0 Å². The SMILES string of the molecule is O=C(Cc1csc(NS(=O)(=O)c2ccccc2)n1)NC1CCCCN1C1C(=O)CSC1=O. The summed E-state index contributed by atoms with van der Waals surface area (Å²) in [7, 11) is -3.75. The van der Waals surface area contributed by atoms with Gasteiger partial charge in [-0.1, -0.05) is 30.0 Å². The molecule has 0 bridgehead atoms. The topological polar surface area (TPSA) is 126 Å². The first-order valence-electron chi connectivity index (χ1n) is 10.1. The molecule has 2 aliphatic heterocycles. The van der Waals surface area contributed by atoms with Crippen LogP contribution >= 0.6 is 23.1 Å². The van der Waals surface area contributed by atoms with Gasteiger partial charge in [0.25, 0.3) is 10.0 Å². The van der Waals surface area contributed by atoms with Crippen molar-refractivity contribution in [1.82, 2.24) is 15.2 Å². The number of benzene rings is 1. The van der Waals surface area contributed by atoms with Crippen molar-refractivity contribution in [2.24, 2.45) is 0 Å². The number of thioether (sulfide) groups is 1. The number of sulfonamides is 1. The molecule has 32 heavy (non-hydrogen) atoms. The number of likely N-dealkylation sites (tertiary alicyclic amines) is 1. The lowest BCUT2D eigenvalue weighted by Crippen LogP contribution is -2.57. The third-order valence-corrected chi connectivity index (χ3v) is 8.48. The van der Waals surface area contributed by atoms with Crippen LogP contribution in [0.5, 0.6) is 0 Å². The first-order valence-corrected chi connectivity index (χ1v) is 13.4. The van der Waals surface area contributed by atoms with Gasteiger partial charge in [0.05, 0.1) is 28.9 Å². The number of hydrogen-bond acceptors (Lipinski definition) is 9. The predicted molar refractivity (Wildman–Crippen MR) is 122 cm³/mol. The van der Waals surface area contributed by atoms with Crippen LogP contribution in [0.2, 0.25) is 0 Å². The van der Waals surface area contributed by atoms with Gasteiger partial charge in [0.15, 0.2) is 10.9 Å². The van der Waals surface area contributed by atoms with E-state index in [0.717, 1.165) is 35.9 Å². The van der Waals surface area contributed by atoms with E-state index in [1.165, 1.54) is 12.1 Å². The van der Waals surface area contributed by atoms with Crippen molar-refractivity contribution in [2.45, 2.75) is 42.8 Å². The van der Waals surface area contributed by atoms with E-state index < -0.39 is 16.1 Å². The second-order valence-corrected chi connectivity index (χ2v) is 11.1. The van der Waals surface area contributed by atoms with Crippen LogP contribution in [0.15, 0.2) is 40.6 Å². The molecule has 4 rings (SSSR count). The third-order valence-electron chi connectivity index (χ3n) is 5.26. The Balaban J connectivity index is 1.37. The first-order chi connectivity index (χ1) is 15.3. The predicted octanol–water partition coefficient (Wildman–Crippen LogP) is 1.63. The van der Waals surface area contributed by atoms with Gasteiger partial charge in [-0.05, 0) is 31.4 Å². The van der Waals surface area contributed by atoms with E-state index in [1.807, 2.05) is 0 Å². The van der Waals surface area contributed by atoms with E-state index in [2.05, 4.69) is 15.0 Å². The minimum atomic E-state index is -3.75. The maximum Gasteiger partial charge on any atom is 0.263 e. The summed E-state index contributed by atoms with van der Waals surface area (Å²) in [5.74, 6) is -0.229. The highest BCUT2D eigenvalue weighted by atomic mass is 32.2. The number of nitrogens with one attached hydrogen (secondary N) is 2. The smallest absolute Gasteiger partial charge is 0.263 e. The highest BCUT2D eigenvalue weighted by Gasteiger charge is 2.42. The minimum Gasteiger partial charge on any atom is -0.340 e. The molecule has 0 aliphatic carbocycles. The summed E-state index contributed by atoms with van der Waals surface area (Å²) in [6.45, 7) is 0.579. The van der Waals surface area contributed by atoms with Crippen LogP contribution < -0.4 is 10.0 Å². The molecule has 1 amide bonds. The Morgan fingerprint density at radius 2 is 1.97 bits per heavy atom. The maximum absolute atomic E-state index is 12.6. The van der Waals surface area contributed by atoms with Crippen LogP contribution in [0.25, 0.3) is 0 Å². The van der Waals surface area contributed by atoms with E-state index in [4.69, 9.17) is 0 Å². The lowest BCUT2D eigenvalue weighted by molar-refractivity contribution is -0.133. The fourth-order valence-corrected chi connectivity index (χ4v) is 6.63. The van der Waals surface area contributed by atoms with Crippen molar-refractivity contribution in [3.8, 4) is 0 Å². The molecule has 9 nitrogen and oxygen atoms in total. The van der Waals surface area contributed by atoms with Gasteiger partial charge in [-0.2, -0.15) is 0 Å². The summed E-state index contributed by atoms with van der Waals surface area (Å²) in [6.07, 6.45) is 2.00. The number of thiazole rings is 1. The molecule has 0 saturated carbocycles. The molecule has 0 radical (unpaired) electrons. The lowest BCUT2D eigenvalue weighted by atomic mass is 10.0.